The quantitative estimate of drug-likeness (QED) is 0.774. The number of hydrogen-bond donors (Lipinski definition) is 1. The molecule has 0 saturated heterocycles. The monoisotopic (exact) mass is 339 g/mol. The van der Waals surface area contributed by atoms with Gasteiger partial charge in [-0.05, 0) is 34.0 Å². The van der Waals surface area contributed by atoms with Gasteiger partial charge < -0.3 is 10.1 Å². The average Bonchev–Trinajstić information content (AvgIpc) is 2.28. The highest BCUT2D eigenvalue weighted by Gasteiger charge is 2.16. The van der Waals surface area contributed by atoms with Crippen LogP contribution in [0.4, 0.5) is 5.69 Å². The topological polar surface area (TPSA) is 21.3 Å². The number of nitrogens with one attached hydrogen (secondary N) is 1. The first-order valence-corrected chi connectivity index (χ1v) is 6.91. The summed E-state index contributed by atoms with van der Waals surface area (Å²) >= 11 is 15.6. The van der Waals surface area contributed by atoms with Crippen molar-refractivity contribution in [3.8, 4) is 0 Å². The van der Waals surface area contributed by atoms with Crippen molar-refractivity contribution in [2.45, 2.75) is 19.9 Å². The van der Waals surface area contributed by atoms with Gasteiger partial charge in [0, 0.05) is 11.6 Å². The normalized spacial score (nSPS) is 12.9. The van der Waals surface area contributed by atoms with Crippen LogP contribution in [0.1, 0.15) is 13.8 Å². The molecule has 0 fully saturated rings. The lowest BCUT2D eigenvalue weighted by atomic mass is 10.1. The summed E-state index contributed by atoms with van der Waals surface area (Å²) in [6.45, 7) is 4.89. The molecular formula is C12H16BrCl2NO. The summed E-state index contributed by atoms with van der Waals surface area (Å²) in [4.78, 5) is 0. The van der Waals surface area contributed by atoms with E-state index in [4.69, 9.17) is 27.9 Å². The van der Waals surface area contributed by atoms with Crippen LogP contribution in [0.15, 0.2) is 16.6 Å². The fourth-order valence-corrected chi connectivity index (χ4v) is 2.25. The van der Waals surface area contributed by atoms with Gasteiger partial charge in [0.05, 0.1) is 28.4 Å². The van der Waals surface area contributed by atoms with Gasteiger partial charge >= 0.3 is 0 Å². The predicted molar refractivity (Wildman–Crippen MR) is 78.3 cm³/mol. The molecule has 0 amide bonds. The van der Waals surface area contributed by atoms with Crippen molar-refractivity contribution in [3.63, 3.8) is 0 Å². The molecule has 1 atom stereocenters. The lowest BCUT2D eigenvalue weighted by Gasteiger charge is -2.23. The molecule has 1 unspecified atom stereocenters. The summed E-state index contributed by atoms with van der Waals surface area (Å²) in [5.74, 6) is 0.438. The Kier molecular flexibility index (Phi) is 6.07. The Morgan fingerprint density at radius 1 is 1.29 bits per heavy atom. The molecule has 0 heterocycles. The zero-order valence-electron chi connectivity index (χ0n) is 10.1. The molecule has 1 rings (SSSR count). The minimum atomic E-state index is 0.203. The zero-order valence-corrected chi connectivity index (χ0v) is 13.2. The molecule has 0 aromatic heterocycles. The second-order valence-corrected chi connectivity index (χ2v) is 5.78. The minimum absolute atomic E-state index is 0.203. The number of halogens is 3. The van der Waals surface area contributed by atoms with Crippen LogP contribution < -0.4 is 5.32 Å². The van der Waals surface area contributed by atoms with Gasteiger partial charge in [-0.1, -0.05) is 37.0 Å². The van der Waals surface area contributed by atoms with Crippen LogP contribution in [0.3, 0.4) is 0 Å². The van der Waals surface area contributed by atoms with Crippen molar-refractivity contribution in [3.05, 3.63) is 26.7 Å². The number of hydrogen-bond acceptors (Lipinski definition) is 2. The van der Waals surface area contributed by atoms with E-state index in [1.165, 1.54) is 0 Å². The smallest absolute Gasteiger partial charge is 0.0835 e. The average molecular weight is 341 g/mol. The van der Waals surface area contributed by atoms with E-state index in [1.54, 1.807) is 7.11 Å². The van der Waals surface area contributed by atoms with Gasteiger partial charge in [-0.25, -0.2) is 0 Å². The van der Waals surface area contributed by atoms with Gasteiger partial charge in [0.15, 0.2) is 0 Å². The van der Waals surface area contributed by atoms with Crippen LogP contribution in [0.25, 0.3) is 0 Å². The Morgan fingerprint density at radius 3 is 2.47 bits per heavy atom. The first-order chi connectivity index (χ1) is 7.97. The molecular weight excluding hydrogens is 325 g/mol. The van der Waals surface area contributed by atoms with E-state index in [2.05, 4.69) is 35.1 Å². The molecule has 0 bridgehead atoms. The highest BCUT2D eigenvalue weighted by atomic mass is 79.9. The lowest BCUT2D eigenvalue weighted by Crippen LogP contribution is -2.30. The number of methoxy groups -OCH3 is 1. The lowest BCUT2D eigenvalue weighted by molar-refractivity contribution is 0.171. The molecule has 0 spiro atoms. The minimum Gasteiger partial charge on any atom is -0.383 e. The van der Waals surface area contributed by atoms with Crippen LogP contribution in [-0.4, -0.2) is 19.8 Å². The molecule has 0 aliphatic rings. The zero-order chi connectivity index (χ0) is 13.0. The largest absolute Gasteiger partial charge is 0.383 e. The van der Waals surface area contributed by atoms with Crippen molar-refractivity contribution < 1.29 is 4.74 Å². The summed E-state index contributed by atoms with van der Waals surface area (Å²) < 4.78 is 5.98. The Balaban J connectivity index is 2.90. The van der Waals surface area contributed by atoms with Crippen LogP contribution in [0.2, 0.25) is 10.0 Å². The SMILES string of the molecule is COCC(Nc1ccc(Br)c(Cl)c1Cl)C(C)C. The van der Waals surface area contributed by atoms with Crippen LogP contribution in [0, 0.1) is 5.92 Å². The summed E-state index contributed by atoms with van der Waals surface area (Å²) in [5, 5.41) is 4.41. The third kappa shape index (κ3) is 4.02. The van der Waals surface area contributed by atoms with Gasteiger partial charge in [0.25, 0.3) is 0 Å². The fraction of sp³-hybridized carbons (Fsp3) is 0.500. The summed E-state index contributed by atoms with van der Waals surface area (Å²) in [5.41, 5.74) is 0.829. The van der Waals surface area contributed by atoms with E-state index in [0.29, 0.717) is 22.6 Å². The van der Waals surface area contributed by atoms with E-state index in [1.807, 2.05) is 12.1 Å². The third-order valence-electron chi connectivity index (χ3n) is 2.53. The highest BCUT2D eigenvalue weighted by Crippen LogP contribution is 2.36. The Labute approximate surface area is 121 Å². The van der Waals surface area contributed by atoms with Crippen molar-refractivity contribution in [1.82, 2.24) is 0 Å². The van der Waals surface area contributed by atoms with E-state index in [0.717, 1.165) is 10.2 Å². The van der Waals surface area contributed by atoms with Gasteiger partial charge in [-0.3, -0.25) is 0 Å². The van der Waals surface area contributed by atoms with Crippen LogP contribution in [0.5, 0.6) is 0 Å². The van der Waals surface area contributed by atoms with Crippen molar-refractivity contribution in [1.29, 1.82) is 0 Å². The van der Waals surface area contributed by atoms with E-state index in [-0.39, 0.29) is 6.04 Å². The van der Waals surface area contributed by atoms with Crippen molar-refractivity contribution in [2.75, 3.05) is 19.0 Å². The fourth-order valence-electron chi connectivity index (χ4n) is 1.42. The first kappa shape index (κ1) is 15.1. The molecule has 5 heteroatoms. The first-order valence-electron chi connectivity index (χ1n) is 5.36. The molecule has 1 aromatic rings. The van der Waals surface area contributed by atoms with Gasteiger partial charge in [-0.2, -0.15) is 0 Å². The van der Waals surface area contributed by atoms with E-state index in [9.17, 15) is 0 Å². The highest BCUT2D eigenvalue weighted by molar-refractivity contribution is 9.10. The van der Waals surface area contributed by atoms with E-state index < -0.39 is 0 Å². The van der Waals surface area contributed by atoms with Gasteiger partial charge in [-0.15, -0.1) is 0 Å². The molecule has 1 N–H and O–H groups in total. The van der Waals surface area contributed by atoms with Crippen LogP contribution >= 0.6 is 39.1 Å². The number of ether oxygens (including phenoxy) is 1. The Morgan fingerprint density at radius 2 is 1.94 bits per heavy atom. The molecule has 96 valence electrons. The number of benzene rings is 1. The summed E-state index contributed by atoms with van der Waals surface area (Å²) in [6, 6.07) is 3.99. The molecule has 1 aromatic carbocycles. The number of rotatable bonds is 5. The molecule has 2 nitrogen and oxygen atoms in total. The Hall–Kier alpha value is 0.0400. The molecule has 0 radical (unpaired) electrons. The maximum atomic E-state index is 6.18. The number of anilines is 1. The van der Waals surface area contributed by atoms with Gasteiger partial charge in [0.2, 0.25) is 0 Å². The molecule has 17 heavy (non-hydrogen) atoms. The second-order valence-electron chi connectivity index (χ2n) is 4.17. The van der Waals surface area contributed by atoms with Crippen molar-refractivity contribution >= 4 is 44.8 Å². The van der Waals surface area contributed by atoms with E-state index >= 15 is 0 Å². The molecule has 0 aliphatic carbocycles. The molecule has 0 aliphatic heterocycles. The maximum Gasteiger partial charge on any atom is 0.0835 e. The summed E-state index contributed by atoms with van der Waals surface area (Å²) in [7, 11) is 1.69. The maximum absolute atomic E-state index is 6.18. The van der Waals surface area contributed by atoms with Crippen molar-refractivity contribution in [2.24, 2.45) is 5.92 Å². The second kappa shape index (κ2) is 6.83. The predicted octanol–water partition coefficient (Wildman–Crippen LogP) is 4.84. The van der Waals surface area contributed by atoms with Gasteiger partial charge in [0.1, 0.15) is 0 Å². The Bertz CT molecular complexity index is 385. The third-order valence-corrected chi connectivity index (χ3v) is 4.30. The standard InChI is InChI=1S/C12H16BrCl2NO/c1-7(2)10(6-17-3)16-9-5-4-8(13)11(14)12(9)15/h4-5,7,10,16H,6H2,1-3H3. The molecule has 0 saturated carbocycles. The summed E-state index contributed by atoms with van der Waals surface area (Å²) in [6.07, 6.45) is 0. The van der Waals surface area contributed by atoms with Crippen LogP contribution in [-0.2, 0) is 4.74 Å².